The molecule has 27 heavy (non-hydrogen) atoms. The smallest absolute Gasteiger partial charge is 0.167 e. The summed E-state index contributed by atoms with van der Waals surface area (Å²) in [6.45, 7) is 0. The standard InChI is InChI=1S/C18H16ClN7.H2O/c1-26(14-7-5-12(20)6-8-14)18-15-16(21-10-22-17(15)24-25-18)23-13-4-2-3-11(19)9-13;/h2-10H,20H2,1H3,(H2,21,22,23,24,25);1H2. The van der Waals surface area contributed by atoms with E-state index in [1.54, 1.807) is 0 Å². The van der Waals surface area contributed by atoms with E-state index in [9.17, 15) is 0 Å². The maximum absolute atomic E-state index is 6.07. The first-order valence-electron chi connectivity index (χ1n) is 7.93. The van der Waals surface area contributed by atoms with E-state index in [4.69, 9.17) is 17.3 Å². The summed E-state index contributed by atoms with van der Waals surface area (Å²) < 4.78 is 0. The predicted octanol–water partition coefficient (Wildman–Crippen LogP) is 3.28. The second-order valence-corrected chi connectivity index (χ2v) is 6.22. The van der Waals surface area contributed by atoms with E-state index in [0.717, 1.165) is 16.8 Å². The maximum Gasteiger partial charge on any atom is 0.167 e. The number of nitrogens with one attached hydrogen (secondary N) is 2. The molecule has 0 spiro atoms. The number of nitrogens with two attached hydrogens (primary N) is 1. The number of nitrogen functional groups attached to an aromatic ring is 1. The largest absolute Gasteiger partial charge is 0.412 e. The molecule has 2 heterocycles. The summed E-state index contributed by atoms with van der Waals surface area (Å²) in [5, 5.41) is 12.1. The van der Waals surface area contributed by atoms with Gasteiger partial charge in [0.2, 0.25) is 0 Å². The fourth-order valence-corrected chi connectivity index (χ4v) is 2.89. The molecule has 9 heteroatoms. The van der Waals surface area contributed by atoms with Crippen molar-refractivity contribution in [1.29, 1.82) is 0 Å². The lowest BCUT2D eigenvalue weighted by atomic mass is 10.2. The van der Waals surface area contributed by atoms with Gasteiger partial charge in [-0.05, 0) is 42.5 Å². The molecule has 2 aromatic heterocycles. The molecule has 0 fully saturated rings. The van der Waals surface area contributed by atoms with Gasteiger partial charge < -0.3 is 21.4 Å². The van der Waals surface area contributed by atoms with Crippen molar-refractivity contribution in [3.63, 3.8) is 0 Å². The van der Waals surface area contributed by atoms with E-state index in [1.807, 2.05) is 60.5 Å². The van der Waals surface area contributed by atoms with Crippen LogP contribution in [0.15, 0.2) is 54.9 Å². The SMILES string of the molecule is CN(c1ccc(N)cc1)c1n[nH]c2ncnc(Nc3cccc(Cl)c3)c12.O. The van der Waals surface area contributed by atoms with Crippen molar-refractivity contribution in [3.05, 3.63) is 59.9 Å². The third-order valence-corrected chi connectivity index (χ3v) is 4.26. The van der Waals surface area contributed by atoms with Crippen LogP contribution < -0.4 is 16.0 Å². The van der Waals surface area contributed by atoms with Gasteiger partial charge in [0.15, 0.2) is 11.5 Å². The maximum atomic E-state index is 6.07. The molecule has 0 unspecified atom stereocenters. The number of nitrogens with zero attached hydrogens (tertiary/aromatic N) is 4. The van der Waals surface area contributed by atoms with Crippen LogP contribution in [0.2, 0.25) is 5.02 Å². The highest BCUT2D eigenvalue weighted by Gasteiger charge is 2.17. The van der Waals surface area contributed by atoms with Gasteiger partial charge in [0.05, 0.1) is 0 Å². The molecule has 6 N–H and O–H groups in total. The fourth-order valence-electron chi connectivity index (χ4n) is 2.70. The van der Waals surface area contributed by atoms with Gasteiger partial charge in [0, 0.05) is 29.1 Å². The lowest BCUT2D eigenvalue weighted by Crippen LogP contribution is -2.11. The second kappa shape index (κ2) is 7.48. The van der Waals surface area contributed by atoms with Gasteiger partial charge in [-0.2, -0.15) is 5.10 Å². The predicted molar refractivity (Wildman–Crippen MR) is 109 cm³/mol. The van der Waals surface area contributed by atoms with Crippen LogP contribution >= 0.6 is 11.6 Å². The minimum absolute atomic E-state index is 0. The zero-order valence-corrected chi connectivity index (χ0v) is 15.2. The number of aromatic amines is 1. The van der Waals surface area contributed by atoms with Gasteiger partial charge in [-0.25, -0.2) is 9.97 Å². The molecule has 0 aliphatic heterocycles. The molecule has 4 rings (SSSR count). The summed E-state index contributed by atoms with van der Waals surface area (Å²) in [4.78, 5) is 10.6. The highest BCUT2D eigenvalue weighted by molar-refractivity contribution is 6.30. The summed E-state index contributed by atoms with van der Waals surface area (Å²) in [6, 6.07) is 15.0. The van der Waals surface area contributed by atoms with Gasteiger partial charge in [-0.15, -0.1) is 0 Å². The Bertz CT molecular complexity index is 1060. The van der Waals surface area contributed by atoms with Crippen LogP contribution in [0.3, 0.4) is 0 Å². The third kappa shape index (κ3) is 3.62. The molecule has 0 aliphatic rings. The van der Waals surface area contributed by atoms with Crippen LogP contribution in [-0.2, 0) is 0 Å². The van der Waals surface area contributed by atoms with E-state index < -0.39 is 0 Å². The summed E-state index contributed by atoms with van der Waals surface area (Å²) in [5.74, 6) is 1.35. The van der Waals surface area contributed by atoms with E-state index in [-0.39, 0.29) is 5.48 Å². The molecule has 138 valence electrons. The lowest BCUT2D eigenvalue weighted by Gasteiger charge is -2.18. The van der Waals surface area contributed by atoms with Crippen LogP contribution in [0.4, 0.5) is 28.7 Å². The van der Waals surface area contributed by atoms with Crippen LogP contribution in [0, 0.1) is 0 Å². The number of benzene rings is 2. The Hall–Kier alpha value is -3.36. The van der Waals surface area contributed by atoms with Crippen molar-refractivity contribution < 1.29 is 5.48 Å². The third-order valence-electron chi connectivity index (χ3n) is 4.02. The van der Waals surface area contributed by atoms with Crippen molar-refractivity contribution in [2.75, 3.05) is 23.0 Å². The molecular weight excluding hydrogens is 366 g/mol. The van der Waals surface area contributed by atoms with Crippen LogP contribution in [0.25, 0.3) is 11.0 Å². The fraction of sp³-hybridized carbons (Fsp3) is 0.0556. The lowest BCUT2D eigenvalue weighted by molar-refractivity contribution is 0.824. The molecule has 2 aromatic carbocycles. The van der Waals surface area contributed by atoms with E-state index >= 15 is 0 Å². The van der Waals surface area contributed by atoms with Gasteiger partial charge in [0.1, 0.15) is 17.5 Å². The van der Waals surface area contributed by atoms with Gasteiger partial charge in [0.25, 0.3) is 0 Å². The zero-order valence-electron chi connectivity index (χ0n) is 14.4. The molecule has 0 radical (unpaired) electrons. The molecule has 0 atom stereocenters. The van der Waals surface area contributed by atoms with Crippen molar-refractivity contribution >= 4 is 51.3 Å². The van der Waals surface area contributed by atoms with Gasteiger partial charge in [-0.1, -0.05) is 17.7 Å². The molecule has 0 bridgehead atoms. The van der Waals surface area contributed by atoms with Crippen molar-refractivity contribution in [3.8, 4) is 0 Å². The monoisotopic (exact) mass is 383 g/mol. The summed E-state index contributed by atoms with van der Waals surface area (Å²) in [6.07, 6.45) is 1.49. The number of H-pyrrole nitrogens is 1. The van der Waals surface area contributed by atoms with E-state index in [0.29, 0.717) is 28.0 Å². The number of aromatic nitrogens is 4. The van der Waals surface area contributed by atoms with E-state index in [1.165, 1.54) is 6.33 Å². The Morgan fingerprint density at radius 1 is 1.11 bits per heavy atom. The number of halogens is 1. The Morgan fingerprint density at radius 3 is 2.63 bits per heavy atom. The number of hydrogen-bond acceptors (Lipinski definition) is 6. The first-order chi connectivity index (χ1) is 12.6. The van der Waals surface area contributed by atoms with Gasteiger partial charge in [-0.3, -0.25) is 5.10 Å². The first-order valence-corrected chi connectivity index (χ1v) is 8.30. The van der Waals surface area contributed by atoms with Crippen LogP contribution in [-0.4, -0.2) is 32.7 Å². The molecule has 8 nitrogen and oxygen atoms in total. The number of rotatable bonds is 4. The van der Waals surface area contributed by atoms with Crippen LogP contribution in [0.1, 0.15) is 0 Å². The summed E-state index contributed by atoms with van der Waals surface area (Å²) in [7, 11) is 1.93. The average Bonchev–Trinajstić information content (AvgIpc) is 3.07. The normalized spacial score (nSPS) is 10.4. The number of fused-ring (bicyclic) bond motifs is 1. The van der Waals surface area contributed by atoms with Crippen LogP contribution in [0.5, 0.6) is 0 Å². The first kappa shape index (κ1) is 18.4. The Kier molecular flexibility index (Phi) is 5.11. The molecule has 0 amide bonds. The summed E-state index contributed by atoms with van der Waals surface area (Å²) in [5.41, 5.74) is 8.91. The summed E-state index contributed by atoms with van der Waals surface area (Å²) >= 11 is 6.07. The molecular formula is C18H18ClN7O. The average molecular weight is 384 g/mol. The second-order valence-electron chi connectivity index (χ2n) is 5.78. The minimum atomic E-state index is 0. The molecule has 0 aliphatic carbocycles. The Morgan fingerprint density at radius 2 is 1.89 bits per heavy atom. The van der Waals surface area contributed by atoms with Gasteiger partial charge >= 0.3 is 0 Å². The van der Waals surface area contributed by atoms with Crippen molar-refractivity contribution in [2.24, 2.45) is 0 Å². The highest BCUT2D eigenvalue weighted by atomic mass is 35.5. The quantitative estimate of drug-likeness (QED) is 0.464. The van der Waals surface area contributed by atoms with Crippen molar-refractivity contribution in [2.45, 2.75) is 0 Å². The topological polar surface area (TPSA) is 127 Å². The highest BCUT2D eigenvalue weighted by Crippen LogP contribution is 2.33. The number of anilines is 5. The minimum Gasteiger partial charge on any atom is -0.412 e. The zero-order chi connectivity index (χ0) is 18.1. The Balaban J connectivity index is 0.00000210. The number of hydrogen-bond donors (Lipinski definition) is 3. The molecule has 4 aromatic rings. The van der Waals surface area contributed by atoms with Crippen molar-refractivity contribution in [1.82, 2.24) is 20.2 Å². The molecule has 0 saturated heterocycles. The Labute approximate surface area is 160 Å². The van der Waals surface area contributed by atoms with E-state index in [2.05, 4.69) is 25.5 Å². The molecule has 0 saturated carbocycles.